The molecular formula is C16H24N4O4. The van der Waals surface area contributed by atoms with Crippen LogP contribution in [0, 0.1) is 5.92 Å². The number of nitrogens with zero attached hydrogens (tertiary/aromatic N) is 3. The summed E-state index contributed by atoms with van der Waals surface area (Å²) in [5.41, 5.74) is -0.556. The molecule has 2 heterocycles. The highest BCUT2D eigenvalue weighted by atomic mass is 16.6. The summed E-state index contributed by atoms with van der Waals surface area (Å²) in [6.07, 6.45) is 6.05. The molecular weight excluding hydrogens is 312 g/mol. The number of hydrogen-bond donors (Lipinski definition) is 1. The van der Waals surface area contributed by atoms with E-state index in [1.807, 2.05) is 4.57 Å². The fourth-order valence-corrected chi connectivity index (χ4v) is 3.72. The van der Waals surface area contributed by atoms with Gasteiger partial charge in [0.25, 0.3) is 0 Å². The predicted octanol–water partition coefficient (Wildman–Crippen LogP) is 0.459. The summed E-state index contributed by atoms with van der Waals surface area (Å²) in [5.74, 6) is 0.0996. The Hall–Kier alpha value is -1.96. The van der Waals surface area contributed by atoms with Crippen LogP contribution in [0.4, 0.5) is 0 Å². The van der Waals surface area contributed by atoms with Crippen molar-refractivity contribution < 1.29 is 19.1 Å². The number of nitrogens with one attached hydrogen (secondary N) is 1. The highest BCUT2D eigenvalue weighted by molar-refractivity contribution is 5.87. The maximum absolute atomic E-state index is 12.5. The Labute approximate surface area is 140 Å². The SMILES string of the molecule is COCCn1cnnc1CCNC(=O)C1CC(=O)OC12CCCC2. The first-order valence-electron chi connectivity index (χ1n) is 8.50. The molecule has 0 bridgehead atoms. The monoisotopic (exact) mass is 336 g/mol. The zero-order valence-electron chi connectivity index (χ0n) is 14.0. The van der Waals surface area contributed by atoms with Gasteiger partial charge < -0.3 is 19.4 Å². The van der Waals surface area contributed by atoms with Gasteiger partial charge in [-0.25, -0.2) is 0 Å². The third-order valence-electron chi connectivity index (χ3n) is 4.97. The van der Waals surface area contributed by atoms with Gasteiger partial charge >= 0.3 is 5.97 Å². The van der Waals surface area contributed by atoms with E-state index >= 15 is 0 Å². The molecule has 0 radical (unpaired) electrons. The molecule has 0 aromatic carbocycles. The van der Waals surface area contributed by atoms with Crippen molar-refractivity contribution >= 4 is 11.9 Å². The molecule has 1 saturated heterocycles. The number of amides is 1. The molecule has 1 atom stereocenters. The van der Waals surface area contributed by atoms with Crippen LogP contribution < -0.4 is 5.32 Å². The summed E-state index contributed by atoms with van der Waals surface area (Å²) < 4.78 is 12.5. The largest absolute Gasteiger partial charge is 0.458 e. The molecule has 1 aliphatic heterocycles. The summed E-state index contributed by atoms with van der Waals surface area (Å²) in [7, 11) is 1.65. The number of rotatable bonds is 7. The topological polar surface area (TPSA) is 95.3 Å². The predicted molar refractivity (Wildman–Crippen MR) is 84.0 cm³/mol. The molecule has 8 heteroatoms. The quantitative estimate of drug-likeness (QED) is 0.727. The second kappa shape index (κ2) is 7.29. The molecule has 1 amide bonds. The minimum absolute atomic E-state index is 0.0919. The molecule has 1 aromatic heterocycles. The highest BCUT2D eigenvalue weighted by Gasteiger charge is 2.53. The van der Waals surface area contributed by atoms with Crippen LogP contribution in [0.3, 0.4) is 0 Å². The number of ether oxygens (including phenoxy) is 2. The second-order valence-electron chi connectivity index (χ2n) is 6.48. The Bertz CT molecular complexity index is 595. The second-order valence-corrected chi connectivity index (χ2v) is 6.48. The van der Waals surface area contributed by atoms with Crippen LogP contribution in [0.2, 0.25) is 0 Å². The van der Waals surface area contributed by atoms with Crippen molar-refractivity contribution in [2.75, 3.05) is 20.3 Å². The van der Waals surface area contributed by atoms with Gasteiger partial charge in [-0.05, 0) is 25.7 Å². The summed E-state index contributed by atoms with van der Waals surface area (Å²) in [5, 5.41) is 10.9. The lowest BCUT2D eigenvalue weighted by molar-refractivity contribution is -0.149. The lowest BCUT2D eigenvalue weighted by Crippen LogP contribution is -2.43. The Balaban J connectivity index is 1.52. The minimum atomic E-state index is -0.556. The van der Waals surface area contributed by atoms with Crippen molar-refractivity contribution in [2.24, 2.45) is 5.92 Å². The van der Waals surface area contributed by atoms with E-state index in [9.17, 15) is 9.59 Å². The van der Waals surface area contributed by atoms with Gasteiger partial charge in [0.05, 0.1) is 18.9 Å². The molecule has 2 fully saturated rings. The van der Waals surface area contributed by atoms with E-state index < -0.39 is 5.60 Å². The van der Waals surface area contributed by atoms with E-state index in [0.717, 1.165) is 31.5 Å². The molecule has 1 aliphatic carbocycles. The zero-order chi connectivity index (χ0) is 17.0. The molecule has 132 valence electrons. The van der Waals surface area contributed by atoms with Crippen LogP contribution >= 0.6 is 0 Å². The van der Waals surface area contributed by atoms with Crippen molar-refractivity contribution in [3.63, 3.8) is 0 Å². The molecule has 2 aliphatic rings. The smallest absolute Gasteiger partial charge is 0.307 e. The molecule has 24 heavy (non-hydrogen) atoms. The van der Waals surface area contributed by atoms with Gasteiger partial charge in [0, 0.05) is 26.6 Å². The number of carbonyl (C=O) groups is 2. The summed E-state index contributed by atoms with van der Waals surface area (Å²) in [4.78, 5) is 24.2. The number of methoxy groups -OCH3 is 1. The van der Waals surface area contributed by atoms with E-state index in [2.05, 4.69) is 15.5 Å². The average Bonchev–Trinajstić information content (AvgIpc) is 3.27. The molecule has 8 nitrogen and oxygen atoms in total. The number of esters is 1. The third kappa shape index (κ3) is 3.43. The van der Waals surface area contributed by atoms with Crippen LogP contribution in [0.5, 0.6) is 0 Å². The number of aromatic nitrogens is 3. The normalized spacial score (nSPS) is 22.0. The van der Waals surface area contributed by atoms with Crippen LogP contribution in [0.1, 0.15) is 37.9 Å². The van der Waals surface area contributed by atoms with Crippen LogP contribution in [-0.4, -0.2) is 52.5 Å². The highest BCUT2D eigenvalue weighted by Crippen LogP contribution is 2.45. The van der Waals surface area contributed by atoms with E-state index in [4.69, 9.17) is 9.47 Å². The summed E-state index contributed by atoms with van der Waals surface area (Å²) in [6, 6.07) is 0. The van der Waals surface area contributed by atoms with Gasteiger partial charge in [-0.3, -0.25) is 9.59 Å². The maximum Gasteiger partial charge on any atom is 0.307 e. The van der Waals surface area contributed by atoms with E-state index in [1.54, 1.807) is 13.4 Å². The van der Waals surface area contributed by atoms with Crippen molar-refractivity contribution in [3.05, 3.63) is 12.2 Å². The number of carbonyl (C=O) groups excluding carboxylic acids is 2. The molecule has 1 aromatic rings. The Morgan fingerprint density at radius 3 is 3.04 bits per heavy atom. The van der Waals surface area contributed by atoms with E-state index in [-0.39, 0.29) is 24.2 Å². The molecule has 1 spiro atoms. The van der Waals surface area contributed by atoms with E-state index in [1.165, 1.54) is 0 Å². The average molecular weight is 336 g/mol. The van der Waals surface area contributed by atoms with Crippen molar-refractivity contribution in [2.45, 2.75) is 50.7 Å². The summed E-state index contributed by atoms with van der Waals surface area (Å²) in [6.45, 7) is 1.73. The first-order chi connectivity index (χ1) is 11.6. The van der Waals surface area contributed by atoms with Crippen molar-refractivity contribution in [1.29, 1.82) is 0 Å². The zero-order valence-corrected chi connectivity index (χ0v) is 14.0. The first-order valence-corrected chi connectivity index (χ1v) is 8.50. The first kappa shape index (κ1) is 16.9. The fraction of sp³-hybridized carbons (Fsp3) is 0.750. The minimum Gasteiger partial charge on any atom is -0.458 e. The fourth-order valence-electron chi connectivity index (χ4n) is 3.72. The molecule has 1 saturated carbocycles. The standard InChI is InChI=1S/C16H24N4O4/c1-23-9-8-20-11-18-19-13(20)4-7-17-15(22)12-10-14(21)24-16(12)5-2-3-6-16/h11-12H,2-10H2,1H3,(H,17,22). The molecule has 1 unspecified atom stereocenters. The number of hydrogen-bond acceptors (Lipinski definition) is 6. The van der Waals surface area contributed by atoms with Gasteiger partial charge in [0.2, 0.25) is 5.91 Å². The lowest BCUT2D eigenvalue weighted by Gasteiger charge is -2.27. The van der Waals surface area contributed by atoms with Gasteiger partial charge in [-0.1, -0.05) is 0 Å². The maximum atomic E-state index is 12.5. The van der Waals surface area contributed by atoms with Gasteiger partial charge in [0.15, 0.2) is 0 Å². The van der Waals surface area contributed by atoms with Gasteiger partial charge in [-0.2, -0.15) is 0 Å². The van der Waals surface area contributed by atoms with Crippen molar-refractivity contribution in [3.8, 4) is 0 Å². The van der Waals surface area contributed by atoms with Gasteiger partial charge in [-0.15, -0.1) is 10.2 Å². The summed E-state index contributed by atoms with van der Waals surface area (Å²) >= 11 is 0. The van der Waals surface area contributed by atoms with Crippen LogP contribution in [-0.2, 0) is 32.0 Å². The van der Waals surface area contributed by atoms with Crippen molar-refractivity contribution in [1.82, 2.24) is 20.1 Å². The van der Waals surface area contributed by atoms with E-state index in [0.29, 0.717) is 26.1 Å². The lowest BCUT2D eigenvalue weighted by atomic mass is 9.85. The Morgan fingerprint density at radius 2 is 2.29 bits per heavy atom. The Morgan fingerprint density at radius 1 is 1.50 bits per heavy atom. The third-order valence-corrected chi connectivity index (χ3v) is 4.97. The molecule has 1 N–H and O–H groups in total. The Kier molecular flexibility index (Phi) is 5.13. The van der Waals surface area contributed by atoms with Gasteiger partial charge in [0.1, 0.15) is 17.8 Å². The molecule has 3 rings (SSSR count). The van der Waals surface area contributed by atoms with Crippen LogP contribution in [0.15, 0.2) is 6.33 Å². The van der Waals surface area contributed by atoms with Crippen LogP contribution in [0.25, 0.3) is 0 Å².